The smallest absolute Gasteiger partial charge is 0.251 e. The van der Waals surface area contributed by atoms with Gasteiger partial charge in [-0.2, -0.15) is 4.98 Å². The molecule has 1 aromatic carbocycles. The molecule has 0 spiro atoms. The van der Waals surface area contributed by atoms with Crippen LogP contribution in [0.25, 0.3) is 15.9 Å². The summed E-state index contributed by atoms with van der Waals surface area (Å²) >= 11 is 1.64. The molecule has 0 unspecified atom stereocenters. The van der Waals surface area contributed by atoms with E-state index < -0.39 is 0 Å². The van der Waals surface area contributed by atoms with Gasteiger partial charge in [0.15, 0.2) is 5.82 Å². The number of allylic oxidation sites excluding steroid dienone is 1. The molecule has 5 rings (SSSR count). The van der Waals surface area contributed by atoms with E-state index in [1.807, 2.05) is 37.3 Å². The van der Waals surface area contributed by atoms with E-state index in [0.29, 0.717) is 37.4 Å². The highest BCUT2D eigenvalue weighted by molar-refractivity contribution is 7.20. The first-order valence-corrected chi connectivity index (χ1v) is 12.4. The SMILES string of the molecule is Cc1cccc(/C(N)=C/C=N/c2nc(N3CCOCC3)c3sc(C#CCNC4CC4)cc3n2)c1. The van der Waals surface area contributed by atoms with Gasteiger partial charge >= 0.3 is 0 Å². The van der Waals surface area contributed by atoms with Crippen molar-refractivity contribution in [1.82, 2.24) is 15.3 Å². The highest BCUT2D eigenvalue weighted by Crippen LogP contribution is 2.33. The van der Waals surface area contributed by atoms with Gasteiger partial charge in [-0.1, -0.05) is 35.6 Å². The Kier molecular flexibility index (Phi) is 6.86. The van der Waals surface area contributed by atoms with Crippen molar-refractivity contribution in [2.45, 2.75) is 25.8 Å². The van der Waals surface area contributed by atoms with Crippen LogP contribution in [0.1, 0.15) is 28.8 Å². The summed E-state index contributed by atoms with van der Waals surface area (Å²) in [5.41, 5.74) is 9.88. The number of fused-ring (bicyclic) bond motifs is 1. The van der Waals surface area contributed by atoms with Crippen molar-refractivity contribution in [3.63, 3.8) is 0 Å². The standard InChI is InChI=1S/C26H28N6OS/c1-18-4-2-5-19(16-18)22(27)9-11-29-26-30-23-17-21(6-3-10-28-20-7-8-20)34-24(23)25(31-26)32-12-14-33-15-13-32/h2,4-5,9,11,16-17,20,28H,7-8,10,12-15,27H2,1H3/b22-9-,29-11+. The monoisotopic (exact) mass is 472 g/mol. The van der Waals surface area contributed by atoms with Gasteiger partial charge in [-0.05, 0) is 43.5 Å². The van der Waals surface area contributed by atoms with Crippen LogP contribution in [0.2, 0.25) is 0 Å². The van der Waals surface area contributed by atoms with Crippen LogP contribution in [0.15, 0.2) is 41.4 Å². The maximum Gasteiger partial charge on any atom is 0.251 e. The van der Waals surface area contributed by atoms with E-state index in [9.17, 15) is 0 Å². The third-order valence-electron chi connectivity index (χ3n) is 5.72. The van der Waals surface area contributed by atoms with Gasteiger partial charge in [0, 0.05) is 31.0 Å². The first kappa shape index (κ1) is 22.5. The lowest BCUT2D eigenvalue weighted by molar-refractivity contribution is 0.122. The van der Waals surface area contributed by atoms with E-state index in [1.54, 1.807) is 23.6 Å². The molecule has 3 heterocycles. The molecule has 1 saturated heterocycles. The van der Waals surface area contributed by atoms with Gasteiger partial charge in [-0.25, -0.2) is 9.98 Å². The third-order valence-corrected chi connectivity index (χ3v) is 6.75. The lowest BCUT2D eigenvalue weighted by Crippen LogP contribution is -2.36. The van der Waals surface area contributed by atoms with Gasteiger partial charge in [0.05, 0.1) is 34.9 Å². The number of nitrogens with zero attached hydrogens (tertiary/aromatic N) is 4. The van der Waals surface area contributed by atoms with Crippen molar-refractivity contribution < 1.29 is 4.74 Å². The van der Waals surface area contributed by atoms with E-state index in [1.165, 1.54) is 12.8 Å². The summed E-state index contributed by atoms with van der Waals surface area (Å²) in [4.78, 5) is 17.2. The zero-order chi connectivity index (χ0) is 23.3. The number of hydrogen-bond donors (Lipinski definition) is 2. The molecule has 1 aliphatic heterocycles. The minimum Gasteiger partial charge on any atom is -0.398 e. The molecule has 1 saturated carbocycles. The molecule has 0 radical (unpaired) electrons. The van der Waals surface area contributed by atoms with Crippen molar-refractivity contribution >= 4 is 45.2 Å². The zero-order valence-corrected chi connectivity index (χ0v) is 20.1. The summed E-state index contributed by atoms with van der Waals surface area (Å²) in [5, 5.41) is 3.43. The predicted octanol–water partition coefficient (Wildman–Crippen LogP) is 3.64. The van der Waals surface area contributed by atoms with Crippen LogP contribution in [0.5, 0.6) is 0 Å². The highest BCUT2D eigenvalue weighted by atomic mass is 32.1. The average molecular weight is 473 g/mol. The molecule has 0 bridgehead atoms. The van der Waals surface area contributed by atoms with Crippen molar-refractivity contribution in [2.24, 2.45) is 10.7 Å². The largest absolute Gasteiger partial charge is 0.398 e. The summed E-state index contributed by atoms with van der Waals surface area (Å²) in [6.07, 6.45) is 5.98. The second kappa shape index (κ2) is 10.3. The summed E-state index contributed by atoms with van der Waals surface area (Å²) < 4.78 is 6.58. The lowest BCUT2D eigenvalue weighted by Gasteiger charge is -2.28. The Morgan fingerprint density at radius 3 is 2.94 bits per heavy atom. The van der Waals surface area contributed by atoms with Crippen LogP contribution in [0, 0.1) is 18.8 Å². The Labute approximate surface area is 203 Å². The molecule has 8 heteroatoms. The minimum atomic E-state index is 0.412. The van der Waals surface area contributed by atoms with Gasteiger partial charge in [0.2, 0.25) is 0 Å². The van der Waals surface area contributed by atoms with E-state index in [4.69, 9.17) is 20.4 Å². The molecule has 34 heavy (non-hydrogen) atoms. The number of hydrogen-bond acceptors (Lipinski definition) is 8. The number of aromatic nitrogens is 2. The number of benzene rings is 1. The summed E-state index contributed by atoms with van der Waals surface area (Å²) in [5.74, 6) is 7.81. The number of morpholine rings is 1. The second-order valence-corrected chi connectivity index (χ2v) is 9.55. The Morgan fingerprint density at radius 2 is 2.15 bits per heavy atom. The summed E-state index contributed by atoms with van der Waals surface area (Å²) in [6, 6.07) is 10.8. The van der Waals surface area contributed by atoms with Crippen molar-refractivity contribution in [3.05, 3.63) is 52.4 Å². The minimum absolute atomic E-state index is 0.412. The van der Waals surface area contributed by atoms with E-state index in [2.05, 4.69) is 27.0 Å². The van der Waals surface area contributed by atoms with Crippen molar-refractivity contribution in [1.29, 1.82) is 0 Å². The molecule has 3 N–H and O–H groups in total. The van der Waals surface area contributed by atoms with Gasteiger partial charge in [-0.3, -0.25) is 0 Å². The molecule has 1 aliphatic carbocycles. The summed E-state index contributed by atoms with van der Waals surface area (Å²) in [7, 11) is 0. The maximum atomic E-state index is 6.24. The fourth-order valence-electron chi connectivity index (χ4n) is 3.73. The van der Waals surface area contributed by atoms with Crippen LogP contribution in [-0.4, -0.2) is 55.1 Å². The van der Waals surface area contributed by atoms with Crippen molar-refractivity contribution in [2.75, 3.05) is 37.7 Å². The number of thiophene rings is 1. The number of nitrogens with two attached hydrogens (primary N) is 1. The van der Waals surface area contributed by atoms with Crippen LogP contribution in [0.3, 0.4) is 0 Å². The number of ether oxygens (including phenoxy) is 1. The van der Waals surface area contributed by atoms with Crippen LogP contribution < -0.4 is 16.0 Å². The Hall–Kier alpha value is -3.25. The molecule has 7 nitrogen and oxygen atoms in total. The molecule has 2 aromatic heterocycles. The lowest BCUT2D eigenvalue weighted by atomic mass is 10.1. The van der Waals surface area contributed by atoms with E-state index in [0.717, 1.165) is 45.1 Å². The number of anilines is 1. The third kappa shape index (κ3) is 5.62. The predicted molar refractivity (Wildman–Crippen MR) is 140 cm³/mol. The number of rotatable bonds is 6. The fraction of sp³-hybridized carbons (Fsp3) is 0.346. The summed E-state index contributed by atoms with van der Waals surface area (Å²) in [6.45, 7) is 5.71. The van der Waals surface area contributed by atoms with Crippen LogP contribution >= 0.6 is 11.3 Å². The number of aryl methyl sites for hydroxylation is 1. The number of nitrogens with one attached hydrogen (secondary N) is 1. The average Bonchev–Trinajstić information content (AvgIpc) is 3.59. The molecular weight excluding hydrogens is 444 g/mol. The molecule has 0 atom stereocenters. The quantitative estimate of drug-likeness (QED) is 0.421. The van der Waals surface area contributed by atoms with Crippen molar-refractivity contribution in [3.8, 4) is 11.8 Å². The molecule has 2 fully saturated rings. The molecular formula is C26H28N6OS. The Bertz CT molecular complexity index is 1290. The molecule has 174 valence electrons. The topological polar surface area (TPSA) is 88.7 Å². The van der Waals surface area contributed by atoms with Gasteiger partial charge < -0.3 is 20.7 Å². The van der Waals surface area contributed by atoms with Crippen LogP contribution in [0.4, 0.5) is 11.8 Å². The maximum absolute atomic E-state index is 6.24. The van der Waals surface area contributed by atoms with Gasteiger partial charge in [-0.15, -0.1) is 11.3 Å². The van der Waals surface area contributed by atoms with Crippen LogP contribution in [-0.2, 0) is 4.74 Å². The van der Waals surface area contributed by atoms with Gasteiger partial charge in [0.1, 0.15) is 0 Å². The normalized spacial score (nSPS) is 16.7. The first-order valence-electron chi connectivity index (χ1n) is 11.6. The Morgan fingerprint density at radius 1 is 1.29 bits per heavy atom. The fourth-order valence-corrected chi connectivity index (χ4v) is 4.72. The molecule has 3 aromatic rings. The number of aliphatic imine (C=N–C) groups is 1. The first-order chi connectivity index (χ1) is 16.7. The Balaban J connectivity index is 1.42. The highest BCUT2D eigenvalue weighted by Gasteiger charge is 2.20. The van der Waals surface area contributed by atoms with Gasteiger partial charge in [0.25, 0.3) is 5.95 Å². The second-order valence-electron chi connectivity index (χ2n) is 8.50. The molecule has 2 aliphatic rings. The van der Waals surface area contributed by atoms with E-state index in [-0.39, 0.29) is 0 Å². The zero-order valence-electron chi connectivity index (χ0n) is 19.3. The van der Waals surface area contributed by atoms with E-state index >= 15 is 0 Å². The molecule has 0 amide bonds.